The zero-order valence-electron chi connectivity index (χ0n) is 9.88. The lowest BCUT2D eigenvalue weighted by Gasteiger charge is -2.15. The minimum Gasteiger partial charge on any atom is -0.314 e. The Hall–Kier alpha value is -0.0900. The van der Waals surface area contributed by atoms with E-state index >= 15 is 0 Å². The van der Waals surface area contributed by atoms with E-state index in [1.54, 1.807) is 0 Å². The average molecular weight is 329 g/mol. The highest BCUT2D eigenvalue weighted by molar-refractivity contribution is 14.1. The van der Waals surface area contributed by atoms with Crippen LogP contribution in [0.25, 0.3) is 0 Å². The van der Waals surface area contributed by atoms with Gasteiger partial charge in [0.1, 0.15) is 0 Å². The highest BCUT2D eigenvalue weighted by Gasteiger charge is 2.21. The van der Waals surface area contributed by atoms with Gasteiger partial charge in [-0.3, -0.25) is 0 Å². The summed E-state index contributed by atoms with van der Waals surface area (Å²) in [6.07, 6.45) is 5.26. The van der Waals surface area contributed by atoms with Crippen LogP contribution in [0.5, 0.6) is 0 Å². The number of halogens is 1. The zero-order valence-corrected chi connectivity index (χ0v) is 12.0. The normalized spacial score (nSPS) is 17.4. The van der Waals surface area contributed by atoms with Crippen molar-refractivity contribution in [2.45, 2.75) is 38.6 Å². The summed E-state index contributed by atoms with van der Waals surface area (Å²) in [6.45, 7) is 3.49. The molecule has 88 valence electrons. The molecule has 1 fully saturated rings. The predicted octanol–water partition coefficient (Wildman–Crippen LogP) is 3.61. The molecule has 16 heavy (non-hydrogen) atoms. The first-order chi connectivity index (χ1) is 7.78. The van der Waals surface area contributed by atoms with Gasteiger partial charge in [-0.1, -0.05) is 25.5 Å². The van der Waals surface area contributed by atoms with Crippen LogP contribution in [-0.4, -0.2) is 12.6 Å². The van der Waals surface area contributed by atoms with E-state index in [9.17, 15) is 0 Å². The van der Waals surface area contributed by atoms with Gasteiger partial charge in [0.15, 0.2) is 0 Å². The summed E-state index contributed by atoms with van der Waals surface area (Å²) in [6, 6.07) is 9.78. The Morgan fingerprint density at radius 3 is 2.56 bits per heavy atom. The molecule has 1 aliphatic carbocycles. The van der Waals surface area contributed by atoms with Gasteiger partial charge >= 0.3 is 0 Å². The summed E-state index contributed by atoms with van der Waals surface area (Å²) >= 11 is 2.36. The lowest BCUT2D eigenvalue weighted by Crippen LogP contribution is -2.25. The Morgan fingerprint density at radius 1 is 1.31 bits per heavy atom. The minimum atomic E-state index is 0.792. The van der Waals surface area contributed by atoms with Crippen LogP contribution in [0.1, 0.15) is 31.7 Å². The Morgan fingerprint density at radius 2 is 2.00 bits per heavy atom. The summed E-state index contributed by atoms with van der Waals surface area (Å²) in [5, 5.41) is 3.64. The number of rotatable bonds is 6. The number of nitrogens with one attached hydrogen (secondary N) is 1. The van der Waals surface area contributed by atoms with Gasteiger partial charge in [-0.2, -0.15) is 0 Å². The SMILES string of the molecule is CCC(CNC1CC1)Cc1ccc(I)cc1. The lowest BCUT2D eigenvalue weighted by atomic mass is 9.97. The van der Waals surface area contributed by atoms with Crippen molar-refractivity contribution in [3.8, 4) is 0 Å². The van der Waals surface area contributed by atoms with Crippen molar-refractivity contribution in [3.63, 3.8) is 0 Å². The van der Waals surface area contributed by atoms with Gasteiger partial charge in [0.25, 0.3) is 0 Å². The fourth-order valence-corrected chi connectivity index (χ4v) is 2.30. The fraction of sp³-hybridized carbons (Fsp3) is 0.571. The third-order valence-corrected chi connectivity index (χ3v) is 4.01. The predicted molar refractivity (Wildman–Crippen MR) is 77.7 cm³/mol. The van der Waals surface area contributed by atoms with Crippen molar-refractivity contribution in [1.29, 1.82) is 0 Å². The largest absolute Gasteiger partial charge is 0.314 e. The van der Waals surface area contributed by atoms with E-state index in [4.69, 9.17) is 0 Å². The first-order valence-electron chi connectivity index (χ1n) is 6.25. The van der Waals surface area contributed by atoms with E-state index < -0.39 is 0 Å². The molecular formula is C14H20IN. The van der Waals surface area contributed by atoms with Crippen LogP contribution in [-0.2, 0) is 6.42 Å². The number of hydrogen-bond acceptors (Lipinski definition) is 1. The van der Waals surface area contributed by atoms with Gasteiger partial charge in [0.05, 0.1) is 0 Å². The maximum absolute atomic E-state index is 3.64. The molecule has 1 atom stereocenters. The molecule has 2 rings (SSSR count). The fourth-order valence-electron chi connectivity index (χ4n) is 1.94. The molecule has 0 radical (unpaired) electrons. The van der Waals surface area contributed by atoms with E-state index in [1.807, 2.05) is 0 Å². The van der Waals surface area contributed by atoms with Crippen molar-refractivity contribution in [2.24, 2.45) is 5.92 Å². The second-order valence-corrected chi connectivity index (χ2v) is 6.03. The Labute approximate surface area is 112 Å². The molecule has 1 aromatic carbocycles. The molecule has 1 nitrogen and oxygen atoms in total. The monoisotopic (exact) mass is 329 g/mol. The molecule has 0 aromatic heterocycles. The molecule has 2 heteroatoms. The summed E-state index contributed by atoms with van der Waals surface area (Å²) in [7, 11) is 0. The first-order valence-corrected chi connectivity index (χ1v) is 7.33. The summed E-state index contributed by atoms with van der Waals surface area (Å²) in [5.41, 5.74) is 1.48. The Balaban J connectivity index is 1.82. The van der Waals surface area contributed by atoms with Gasteiger partial charge in [-0.15, -0.1) is 0 Å². The van der Waals surface area contributed by atoms with Crippen LogP contribution in [0, 0.1) is 9.49 Å². The van der Waals surface area contributed by atoms with Crippen molar-refractivity contribution in [1.82, 2.24) is 5.32 Å². The van der Waals surface area contributed by atoms with E-state index in [-0.39, 0.29) is 0 Å². The van der Waals surface area contributed by atoms with Gasteiger partial charge in [0.2, 0.25) is 0 Å². The molecule has 1 aliphatic rings. The summed E-state index contributed by atoms with van der Waals surface area (Å²) in [5.74, 6) is 0.792. The van der Waals surface area contributed by atoms with E-state index in [2.05, 4.69) is 59.1 Å². The summed E-state index contributed by atoms with van der Waals surface area (Å²) < 4.78 is 1.32. The second-order valence-electron chi connectivity index (χ2n) is 4.79. The Kier molecular flexibility index (Phi) is 4.65. The molecule has 1 aromatic rings. The van der Waals surface area contributed by atoms with E-state index in [0.717, 1.165) is 12.0 Å². The molecule has 0 spiro atoms. The van der Waals surface area contributed by atoms with Crippen LogP contribution in [0.2, 0.25) is 0 Å². The Bertz CT molecular complexity index is 316. The second kappa shape index (κ2) is 6.01. The van der Waals surface area contributed by atoms with Crippen LogP contribution < -0.4 is 5.32 Å². The molecule has 0 bridgehead atoms. The van der Waals surface area contributed by atoms with Gasteiger partial charge < -0.3 is 5.32 Å². The highest BCUT2D eigenvalue weighted by Crippen LogP contribution is 2.20. The quantitative estimate of drug-likeness (QED) is 0.786. The standard InChI is InChI=1S/C14H20IN/c1-2-11(10-16-14-7-8-14)9-12-3-5-13(15)6-4-12/h3-6,11,14,16H,2,7-10H2,1H3. The third kappa shape index (κ3) is 4.06. The molecule has 0 heterocycles. The molecule has 0 aliphatic heterocycles. The molecule has 0 saturated heterocycles. The van der Waals surface area contributed by atoms with Crippen molar-refractivity contribution < 1.29 is 0 Å². The van der Waals surface area contributed by atoms with E-state index in [0.29, 0.717) is 0 Å². The topological polar surface area (TPSA) is 12.0 Å². The zero-order chi connectivity index (χ0) is 11.4. The van der Waals surface area contributed by atoms with Crippen LogP contribution in [0.4, 0.5) is 0 Å². The smallest absolute Gasteiger partial charge is 0.0130 e. The average Bonchev–Trinajstić information content (AvgIpc) is 3.11. The maximum Gasteiger partial charge on any atom is 0.0130 e. The number of hydrogen-bond donors (Lipinski definition) is 1. The van der Waals surface area contributed by atoms with Gasteiger partial charge in [0, 0.05) is 9.61 Å². The van der Waals surface area contributed by atoms with E-state index in [1.165, 1.54) is 41.4 Å². The lowest BCUT2D eigenvalue weighted by molar-refractivity contribution is 0.458. The molecule has 1 unspecified atom stereocenters. The third-order valence-electron chi connectivity index (χ3n) is 3.29. The van der Waals surface area contributed by atoms with Crippen LogP contribution in [0.3, 0.4) is 0 Å². The van der Waals surface area contributed by atoms with Crippen molar-refractivity contribution >= 4 is 22.6 Å². The number of benzene rings is 1. The van der Waals surface area contributed by atoms with Crippen molar-refractivity contribution in [3.05, 3.63) is 33.4 Å². The van der Waals surface area contributed by atoms with Crippen molar-refractivity contribution in [2.75, 3.05) is 6.54 Å². The highest BCUT2D eigenvalue weighted by atomic mass is 127. The summed E-state index contributed by atoms with van der Waals surface area (Å²) in [4.78, 5) is 0. The van der Waals surface area contributed by atoms with Crippen LogP contribution >= 0.6 is 22.6 Å². The molecule has 0 amide bonds. The van der Waals surface area contributed by atoms with Crippen LogP contribution in [0.15, 0.2) is 24.3 Å². The minimum absolute atomic E-state index is 0.792. The molecule has 1 N–H and O–H groups in total. The maximum atomic E-state index is 3.64. The first kappa shape index (κ1) is 12.4. The van der Waals surface area contributed by atoms with Gasteiger partial charge in [-0.25, -0.2) is 0 Å². The molecular weight excluding hydrogens is 309 g/mol. The molecule has 1 saturated carbocycles. The van der Waals surface area contributed by atoms with Gasteiger partial charge in [-0.05, 0) is 72.0 Å².